The fourth-order valence-corrected chi connectivity index (χ4v) is 7.01. The van der Waals surface area contributed by atoms with Crippen LogP contribution in [-0.2, 0) is 31.6 Å². The van der Waals surface area contributed by atoms with Gasteiger partial charge in [0.15, 0.2) is 16.7 Å². The van der Waals surface area contributed by atoms with Crippen LogP contribution in [0.2, 0.25) is 0 Å². The van der Waals surface area contributed by atoms with Gasteiger partial charge in [0.25, 0.3) is 5.56 Å². The third-order valence-corrected chi connectivity index (χ3v) is 9.20. The van der Waals surface area contributed by atoms with Crippen molar-refractivity contribution in [2.45, 2.75) is 36.3 Å². The number of hydrogen-bond acceptors (Lipinski definition) is 11. The molecule has 0 radical (unpaired) electrons. The van der Waals surface area contributed by atoms with Crippen LogP contribution in [0.5, 0.6) is 0 Å². The number of phosphoric ester groups is 1. The molecule has 1 aliphatic rings. The van der Waals surface area contributed by atoms with Crippen LogP contribution in [0.15, 0.2) is 17.1 Å². The number of fused-ring (bicyclic) bond motifs is 1. The molecule has 1 fully saturated rings. The number of rotatable bonds is 8. The largest absolute Gasteiger partial charge is 0.490 e. The molecule has 0 aromatic carbocycles. The molecule has 17 nitrogen and oxygen atoms in total. The number of nitrogens with one attached hydrogen (secondary N) is 1. The smallest absolute Gasteiger partial charge is 0.387 e. The number of aromatic nitrogens is 3. The molecule has 0 aliphatic carbocycles. The summed E-state index contributed by atoms with van der Waals surface area (Å²) in [6.45, 7) is -0.157. The summed E-state index contributed by atoms with van der Waals surface area (Å²) >= 11 is 6.54. The van der Waals surface area contributed by atoms with Crippen molar-refractivity contribution < 1.29 is 60.6 Å². The van der Waals surface area contributed by atoms with Crippen molar-refractivity contribution in [1.82, 2.24) is 14.5 Å². The Morgan fingerprint density at radius 3 is 2.57 bits per heavy atom. The van der Waals surface area contributed by atoms with Crippen LogP contribution in [0.4, 0.5) is 10.3 Å². The molecule has 3 heterocycles. The van der Waals surface area contributed by atoms with E-state index < -0.39 is 65.1 Å². The summed E-state index contributed by atoms with van der Waals surface area (Å²) in [6.07, 6.45) is -5.55. The SMILES string of the molecule is C[C@H](OP(=O)(O)OP(=O)(O)OP(=O)(O)O)[C@H]1O[C@@H](n2ccc3c(=O)[nH]c(N)nc32)C(Cl)(C#CCF)[C@H]1O. The van der Waals surface area contributed by atoms with Crippen molar-refractivity contribution in [2.75, 3.05) is 12.4 Å². The molecule has 7 atom stereocenters. The average molecular weight is 611 g/mol. The maximum Gasteiger partial charge on any atom is 0.490 e. The van der Waals surface area contributed by atoms with Gasteiger partial charge in [0.05, 0.1) is 11.5 Å². The zero-order valence-corrected chi connectivity index (χ0v) is 21.7. The number of alkyl halides is 2. The number of aliphatic hydroxyl groups excluding tert-OH is 1. The highest BCUT2D eigenvalue weighted by atomic mass is 35.5. The Bertz CT molecular complexity index is 1450. The minimum absolute atomic E-state index is 0.0227. The normalized spacial score (nSPS) is 28.3. The number of nitrogen functional groups attached to an aromatic ring is 1. The first-order valence-electron chi connectivity index (χ1n) is 9.66. The average Bonchev–Trinajstić information content (AvgIpc) is 3.23. The van der Waals surface area contributed by atoms with Crippen LogP contribution >= 0.6 is 35.1 Å². The lowest BCUT2D eigenvalue weighted by Crippen LogP contribution is -2.43. The number of nitrogens with two attached hydrogens (primary N) is 1. The van der Waals surface area contributed by atoms with E-state index in [1.165, 1.54) is 12.3 Å². The van der Waals surface area contributed by atoms with E-state index >= 15 is 0 Å². The van der Waals surface area contributed by atoms with E-state index in [9.17, 15) is 37.8 Å². The van der Waals surface area contributed by atoms with Gasteiger partial charge in [0.2, 0.25) is 5.95 Å². The van der Waals surface area contributed by atoms with Gasteiger partial charge in [-0.05, 0) is 13.0 Å². The van der Waals surface area contributed by atoms with E-state index in [2.05, 4.69) is 29.0 Å². The quantitative estimate of drug-likeness (QED) is 0.120. The first-order valence-corrected chi connectivity index (χ1v) is 14.6. The zero-order valence-electron chi connectivity index (χ0n) is 18.2. The fourth-order valence-electron chi connectivity index (χ4n) is 3.47. The summed E-state index contributed by atoms with van der Waals surface area (Å²) in [4.78, 5) is 52.6. The first-order chi connectivity index (χ1) is 16.9. The molecule has 206 valence electrons. The minimum Gasteiger partial charge on any atom is -0.387 e. The topological polar surface area (TPSA) is 266 Å². The lowest BCUT2D eigenvalue weighted by Gasteiger charge is -2.26. The number of halogens is 2. The second-order valence-electron chi connectivity index (χ2n) is 7.41. The van der Waals surface area contributed by atoms with Gasteiger partial charge in [0, 0.05) is 6.20 Å². The van der Waals surface area contributed by atoms with E-state index in [0.717, 1.165) is 11.5 Å². The van der Waals surface area contributed by atoms with Gasteiger partial charge in [-0.15, -0.1) is 0 Å². The van der Waals surface area contributed by atoms with Gasteiger partial charge in [0.1, 0.15) is 18.9 Å². The molecule has 2 aromatic heterocycles. The molecule has 2 aromatic rings. The molecule has 37 heavy (non-hydrogen) atoms. The van der Waals surface area contributed by atoms with Crippen molar-refractivity contribution in [1.29, 1.82) is 0 Å². The lowest BCUT2D eigenvalue weighted by atomic mass is 9.96. The molecule has 1 saturated heterocycles. The standard InChI is InChI=1S/C15H19ClFN4O13P3/c1-7(32-36(27,28)34-37(29,30)33-35(24,25)26)9-10(22)15(16,4-2-5-17)13(31-9)21-6-3-8-11(21)19-14(18)20-12(8)23/h3,6-7,9-10,13,22H,5H2,1H3,(H,27,28)(H,29,30)(H2,24,25,26)(H3,18,19,20,23)/t7-,9+,10-,13+,15?/m0/s1. The van der Waals surface area contributed by atoms with Crippen LogP contribution in [0.25, 0.3) is 11.0 Å². The number of aliphatic hydroxyl groups is 1. The van der Waals surface area contributed by atoms with Gasteiger partial charge in [-0.3, -0.25) is 14.3 Å². The highest BCUT2D eigenvalue weighted by Crippen LogP contribution is 2.66. The molecule has 3 rings (SSSR count). The second-order valence-corrected chi connectivity index (χ2v) is 12.4. The van der Waals surface area contributed by atoms with Gasteiger partial charge in [-0.1, -0.05) is 23.4 Å². The molecule has 22 heteroatoms. The Morgan fingerprint density at radius 1 is 1.32 bits per heavy atom. The van der Waals surface area contributed by atoms with E-state index in [1.54, 1.807) is 0 Å². The molecule has 1 aliphatic heterocycles. The summed E-state index contributed by atoms with van der Waals surface area (Å²) in [6, 6.07) is 1.30. The Balaban J connectivity index is 1.95. The minimum atomic E-state index is -5.82. The highest BCUT2D eigenvalue weighted by molar-refractivity contribution is 7.66. The molecule has 0 saturated carbocycles. The van der Waals surface area contributed by atoms with Gasteiger partial charge >= 0.3 is 23.5 Å². The summed E-state index contributed by atoms with van der Waals surface area (Å²) in [5.74, 6) is 4.04. The summed E-state index contributed by atoms with van der Waals surface area (Å²) in [7, 11) is -17.1. The van der Waals surface area contributed by atoms with Crippen LogP contribution in [0.1, 0.15) is 13.2 Å². The number of hydrogen-bond donors (Lipinski definition) is 7. The monoisotopic (exact) mass is 610 g/mol. The second kappa shape index (κ2) is 10.5. The predicted octanol–water partition coefficient (Wildman–Crippen LogP) is 0.247. The summed E-state index contributed by atoms with van der Waals surface area (Å²) in [5.41, 5.74) is 4.88. The molecule has 0 spiro atoms. The summed E-state index contributed by atoms with van der Waals surface area (Å²) < 4.78 is 66.2. The number of aromatic amines is 1. The molecule has 0 bridgehead atoms. The van der Waals surface area contributed by atoms with Crippen LogP contribution < -0.4 is 11.3 Å². The molecule has 8 N–H and O–H groups in total. The third kappa shape index (κ3) is 6.67. The molecule has 0 amide bonds. The molecular formula is C15H19ClFN4O13P3. The first kappa shape index (κ1) is 29.9. The zero-order chi connectivity index (χ0) is 28.0. The van der Waals surface area contributed by atoms with Crippen molar-refractivity contribution in [2.24, 2.45) is 0 Å². The molecular weight excluding hydrogens is 592 g/mol. The Kier molecular flexibility index (Phi) is 8.46. The predicted molar refractivity (Wildman–Crippen MR) is 121 cm³/mol. The van der Waals surface area contributed by atoms with Crippen LogP contribution in [0, 0.1) is 11.8 Å². The Labute approximate surface area is 210 Å². The van der Waals surface area contributed by atoms with Crippen LogP contribution in [0.3, 0.4) is 0 Å². The van der Waals surface area contributed by atoms with E-state index in [-0.39, 0.29) is 17.0 Å². The fraction of sp³-hybridized carbons (Fsp3) is 0.467. The number of H-pyrrole nitrogens is 1. The number of nitrogens with zero attached hydrogens (tertiary/aromatic N) is 2. The third-order valence-electron chi connectivity index (χ3n) is 4.76. The van der Waals surface area contributed by atoms with Crippen molar-refractivity contribution >= 4 is 52.1 Å². The van der Waals surface area contributed by atoms with E-state index in [4.69, 9.17) is 31.9 Å². The van der Waals surface area contributed by atoms with Gasteiger partial charge in [-0.2, -0.15) is 13.6 Å². The van der Waals surface area contributed by atoms with Crippen molar-refractivity contribution in [3.8, 4) is 11.8 Å². The van der Waals surface area contributed by atoms with Crippen LogP contribution in [-0.4, -0.2) is 69.1 Å². The number of ether oxygens (including phenoxy) is 1. The summed E-state index contributed by atoms with van der Waals surface area (Å²) in [5, 5.41) is 10.9. The Hall–Kier alpha value is -1.67. The number of anilines is 1. The van der Waals surface area contributed by atoms with Gasteiger partial charge < -0.3 is 39.7 Å². The van der Waals surface area contributed by atoms with Gasteiger partial charge in [-0.25, -0.2) is 18.1 Å². The maximum absolute atomic E-state index is 12.9. The maximum atomic E-state index is 12.9. The van der Waals surface area contributed by atoms with Crippen molar-refractivity contribution in [3.05, 3.63) is 22.6 Å². The number of phosphoric acid groups is 3. The van der Waals surface area contributed by atoms with E-state index in [0.29, 0.717) is 0 Å². The van der Waals surface area contributed by atoms with E-state index in [1.807, 2.05) is 5.92 Å². The molecule has 3 unspecified atom stereocenters. The Morgan fingerprint density at radius 2 is 1.97 bits per heavy atom. The van der Waals surface area contributed by atoms with Crippen molar-refractivity contribution in [3.63, 3.8) is 0 Å². The highest BCUT2D eigenvalue weighted by Gasteiger charge is 2.58. The lowest BCUT2D eigenvalue weighted by molar-refractivity contribution is -0.0727.